The Morgan fingerprint density at radius 2 is 1.89 bits per heavy atom. The van der Waals surface area contributed by atoms with Crippen LogP contribution < -0.4 is 5.32 Å². The van der Waals surface area contributed by atoms with E-state index >= 15 is 0 Å². The number of nitrogens with one attached hydrogen (secondary N) is 1. The van der Waals surface area contributed by atoms with Gasteiger partial charge in [0, 0.05) is 25.0 Å². The van der Waals surface area contributed by atoms with Crippen LogP contribution in [0, 0.1) is 29.1 Å². The maximum atomic E-state index is 12.1. The summed E-state index contributed by atoms with van der Waals surface area (Å²) in [4.78, 5) is 14.3. The summed E-state index contributed by atoms with van der Waals surface area (Å²) in [6, 6.07) is 2.53. The van der Waals surface area contributed by atoms with Crippen LogP contribution in [0.2, 0.25) is 0 Å². The van der Waals surface area contributed by atoms with Gasteiger partial charge in [-0.25, -0.2) is 0 Å². The second kappa shape index (κ2) is 4.89. The Balaban J connectivity index is 1.42. The molecule has 1 amide bonds. The van der Waals surface area contributed by atoms with E-state index in [1.807, 2.05) is 0 Å². The first-order chi connectivity index (χ1) is 8.79. The summed E-state index contributed by atoms with van der Waals surface area (Å²) in [5.74, 6) is 2.08. The van der Waals surface area contributed by atoms with Gasteiger partial charge < -0.3 is 5.32 Å². The van der Waals surface area contributed by atoms with Crippen LogP contribution in [0.25, 0.3) is 0 Å². The Bertz CT molecular complexity index is 358. The molecule has 0 bridgehead atoms. The van der Waals surface area contributed by atoms with Crippen molar-refractivity contribution in [3.8, 4) is 6.07 Å². The van der Waals surface area contributed by atoms with Crippen LogP contribution in [0.4, 0.5) is 0 Å². The molecule has 0 spiro atoms. The van der Waals surface area contributed by atoms with Crippen LogP contribution in [-0.4, -0.2) is 36.5 Å². The number of carbonyl (C=O) groups excluding carboxylic acids is 1. The van der Waals surface area contributed by atoms with Crippen LogP contribution in [-0.2, 0) is 4.79 Å². The molecule has 4 heteroatoms. The lowest BCUT2D eigenvalue weighted by Crippen LogP contribution is -2.45. The zero-order valence-electron chi connectivity index (χ0n) is 10.8. The lowest BCUT2D eigenvalue weighted by atomic mass is 10.0. The number of rotatable bonds is 3. The quantitative estimate of drug-likeness (QED) is 0.761. The first-order valence-corrected chi connectivity index (χ1v) is 7.19. The summed E-state index contributed by atoms with van der Waals surface area (Å²) in [5, 5.41) is 11.9. The van der Waals surface area contributed by atoms with Crippen molar-refractivity contribution in [3.05, 3.63) is 0 Å². The summed E-state index contributed by atoms with van der Waals surface area (Å²) in [6.07, 6.45) is 5.85. The summed E-state index contributed by atoms with van der Waals surface area (Å²) >= 11 is 0. The standard InChI is InChI=1S/C14H21N3O/c15-6-9-17-7-4-10(5-8-17)16-14(18)13-11-2-1-3-12(11)13/h10-13H,1-5,7-9H2,(H,16,18). The Morgan fingerprint density at radius 1 is 1.22 bits per heavy atom. The fourth-order valence-electron chi connectivity index (χ4n) is 3.84. The average molecular weight is 247 g/mol. The molecule has 2 saturated carbocycles. The molecule has 0 aromatic carbocycles. The van der Waals surface area contributed by atoms with Crippen molar-refractivity contribution in [2.45, 2.75) is 38.1 Å². The van der Waals surface area contributed by atoms with E-state index in [9.17, 15) is 4.79 Å². The van der Waals surface area contributed by atoms with E-state index in [1.165, 1.54) is 19.3 Å². The molecule has 0 aromatic heterocycles. The molecule has 1 heterocycles. The molecule has 2 unspecified atom stereocenters. The van der Waals surface area contributed by atoms with Gasteiger partial charge in [-0.3, -0.25) is 9.69 Å². The molecule has 0 radical (unpaired) electrons. The lowest BCUT2D eigenvalue weighted by Gasteiger charge is -2.30. The minimum Gasteiger partial charge on any atom is -0.353 e. The molecule has 3 fully saturated rings. The third-order valence-electron chi connectivity index (χ3n) is 4.94. The molecule has 1 N–H and O–H groups in total. The zero-order chi connectivity index (χ0) is 12.5. The molecule has 4 nitrogen and oxygen atoms in total. The highest BCUT2D eigenvalue weighted by molar-refractivity contribution is 5.82. The minimum absolute atomic E-state index is 0.309. The molecular weight excluding hydrogens is 226 g/mol. The number of nitrogens with zero attached hydrogens (tertiary/aromatic N) is 2. The van der Waals surface area contributed by atoms with Gasteiger partial charge in [0.15, 0.2) is 0 Å². The van der Waals surface area contributed by atoms with Gasteiger partial charge in [0.2, 0.25) is 5.91 Å². The SMILES string of the molecule is N#CCN1CCC(NC(=O)C2C3CCCC32)CC1. The fraction of sp³-hybridized carbons (Fsp3) is 0.857. The summed E-state index contributed by atoms with van der Waals surface area (Å²) in [6.45, 7) is 2.40. The number of carbonyl (C=O) groups is 1. The zero-order valence-corrected chi connectivity index (χ0v) is 10.8. The van der Waals surface area contributed by atoms with Gasteiger partial charge in [-0.15, -0.1) is 0 Å². The van der Waals surface area contributed by atoms with Crippen LogP contribution in [0.3, 0.4) is 0 Å². The van der Waals surface area contributed by atoms with E-state index in [0.29, 0.717) is 36.2 Å². The second-order valence-electron chi connectivity index (χ2n) is 6.00. The molecule has 2 aliphatic carbocycles. The van der Waals surface area contributed by atoms with Gasteiger partial charge >= 0.3 is 0 Å². The van der Waals surface area contributed by atoms with Crippen molar-refractivity contribution in [2.24, 2.45) is 17.8 Å². The largest absolute Gasteiger partial charge is 0.353 e. The highest BCUT2D eigenvalue weighted by Gasteiger charge is 2.56. The maximum absolute atomic E-state index is 12.1. The van der Waals surface area contributed by atoms with Crippen molar-refractivity contribution in [1.29, 1.82) is 5.26 Å². The number of hydrogen-bond acceptors (Lipinski definition) is 3. The maximum Gasteiger partial charge on any atom is 0.223 e. The number of fused-ring (bicyclic) bond motifs is 1. The van der Waals surface area contributed by atoms with Crippen LogP contribution in [0.5, 0.6) is 0 Å². The topological polar surface area (TPSA) is 56.1 Å². The second-order valence-corrected chi connectivity index (χ2v) is 6.00. The van der Waals surface area contributed by atoms with Gasteiger partial charge in [-0.1, -0.05) is 6.42 Å². The monoisotopic (exact) mass is 247 g/mol. The Labute approximate surface area is 108 Å². The number of hydrogen-bond donors (Lipinski definition) is 1. The number of nitriles is 1. The van der Waals surface area contributed by atoms with E-state index in [2.05, 4.69) is 16.3 Å². The van der Waals surface area contributed by atoms with Gasteiger partial charge in [0.25, 0.3) is 0 Å². The Morgan fingerprint density at radius 3 is 2.50 bits per heavy atom. The number of amides is 1. The summed E-state index contributed by atoms with van der Waals surface area (Å²) in [7, 11) is 0. The number of piperidine rings is 1. The van der Waals surface area contributed by atoms with E-state index < -0.39 is 0 Å². The highest BCUT2D eigenvalue weighted by atomic mass is 16.2. The van der Waals surface area contributed by atoms with E-state index in [-0.39, 0.29) is 0 Å². The molecule has 18 heavy (non-hydrogen) atoms. The molecule has 3 aliphatic rings. The molecule has 1 aliphatic heterocycles. The first kappa shape index (κ1) is 12.0. The third-order valence-corrected chi connectivity index (χ3v) is 4.94. The fourth-order valence-corrected chi connectivity index (χ4v) is 3.84. The lowest BCUT2D eigenvalue weighted by molar-refractivity contribution is -0.124. The van der Waals surface area contributed by atoms with Gasteiger partial charge in [-0.05, 0) is 37.5 Å². The molecule has 0 aromatic rings. The van der Waals surface area contributed by atoms with Gasteiger partial charge in [0.1, 0.15) is 0 Å². The summed E-state index contributed by atoms with van der Waals surface area (Å²) < 4.78 is 0. The van der Waals surface area contributed by atoms with Crippen molar-refractivity contribution in [2.75, 3.05) is 19.6 Å². The number of likely N-dealkylation sites (tertiary alicyclic amines) is 1. The van der Waals surface area contributed by atoms with E-state index in [1.54, 1.807) is 0 Å². The highest BCUT2D eigenvalue weighted by Crippen LogP contribution is 2.57. The van der Waals surface area contributed by atoms with Gasteiger partial charge in [-0.2, -0.15) is 5.26 Å². The molecule has 3 rings (SSSR count). The Hall–Kier alpha value is -1.08. The third kappa shape index (κ3) is 2.24. The van der Waals surface area contributed by atoms with Crippen molar-refractivity contribution in [3.63, 3.8) is 0 Å². The van der Waals surface area contributed by atoms with Gasteiger partial charge in [0.05, 0.1) is 12.6 Å². The molecule has 2 atom stereocenters. The van der Waals surface area contributed by atoms with Crippen LogP contribution in [0.15, 0.2) is 0 Å². The van der Waals surface area contributed by atoms with Crippen molar-refractivity contribution < 1.29 is 4.79 Å². The van der Waals surface area contributed by atoms with E-state index in [0.717, 1.165) is 25.9 Å². The molecule has 98 valence electrons. The van der Waals surface area contributed by atoms with E-state index in [4.69, 9.17) is 5.26 Å². The Kier molecular flexibility index (Phi) is 3.25. The first-order valence-electron chi connectivity index (χ1n) is 7.19. The smallest absolute Gasteiger partial charge is 0.223 e. The minimum atomic E-state index is 0.309. The average Bonchev–Trinajstić information content (AvgIpc) is 2.86. The molecular formula is C14H21N3O. The predicted octanol–water partition coefficient (Wildman–Crippen LogP) is 1.14. The van der Waals surface area contributed by atoms with Crippen molar-refractivity contribution in [1.82, 2.24) is 10.2 Å². The normalized spacial score (nSPS) is 35.8. The summed E-state index contributed by atoms with van der Waals surface area (Å²) in [5.41, 5.74) is 0. The predicted molar refractivity (Wildman–Crippen MR) is 67.5 cm³/mol. The molecule has 1 saturated heterocycles. The van der Waals surface area contributed by atoms with Crippen LogP contribution in [0.1, 0.15) is 32.1 Å². The van der Waals surface area contributed by atoms with Crippen LogP contribution >= 0.6 is 0 Å². The van der Waals surface area contributed by atoms with Crippen molar-refractivity contribution >= 4 is 5.91 Å².